The summed E-state index contributed by atoms with van der Waals surface area (Å²) in [6.07, 6.45) is 0. The number of carbonyl (C=O) groups excluding carboxylic acids is 2. The van der Waals surface area contributed by atoms with Crippen LogP contribution in [0.5, 0.6) is 5.75 Å². The molecular formula is C25H20BrN3O7S. The van der Waals surface area contributed by atoms with E-state index in [4.69, 9.17) is 9.15 Å². The van der Waals surface area contributed by atoms with Gasteiger partial charge in [0.1, 0.15) is 5.56 Å². The molecule has 3 N–H and O–H groups in total. The lowest BCUT2D eigenvalue weighted by Crippen LogP contribution is -2.22. The van der Waals surface area contributed by atoms with E-state index in [1.807, 2.05) is 0 Å². The molecule has 4 rings (SSSR count). The zero-order chi connectivity index (χ0) is 26.7. The molecule has 0 unspecified atom stereocenters. The van der Waals surface area contributed by atoms with Gasteiger partial charge in [0, 0.05) is 22.5 Å². The quantitative estimate of drug-likeness (QED) is 0.269. The van der Waals surface area contributed by atoms with Crippen LogP contribution in [0.3, 0.4) is 0 Å². The van der Waals surface area contributed by atoms with Crippen molar-refractivity contribution in [1.29, 1.82) is 0 Å². The third kappa shape index (κ3) is 5.65. The first-order valence-corrected chi connectivity index (χ1v) is 13.0. The Morgan fingerprint density at radius 2 is 1.62 bits per heavy atom. The number of sulfonamides is 1. The Kier molecular flexibility index (Phi) is 7.32. The lowest BCUT2D eigenvalue weighted by molar-refractivity contribution is -0.114. The number of ether oxygens (including phenoxy) is 1. The van der Waals surface area contributed by atoms with E-state index in [-0.39, 0.29) is 33.3 Å². The lowest BCUT2D eigenvalue weighted by Gasteiger charge is -2.14. The summed E-state index contributed by atoms with van der Waals surface area (Å²) < 4.78 is 39.5. The molecule has 4 aromatic rings. The van der Waals surface area contributed by atoms with Gasteiger partial charge in [-0.1, -0.05) is 28.1 Å². The minimum Gasteiger partial charge on any atom is -0.493 e. The molecule has 0 fully saturated rings. The summed E-state index contributed by atoms with van der Waals surface area (Å²) in [5.74, 6) is -0.755. The summed E-state index contributed by atoms with van der Waals surface area (Å²) in [5, 5.41) is 5.57. The predicted molar refractivity (Wildman–Crippen MR) is 143 cm³/mol. The monoisotopic (exact) mass is 585 g/mol. The number of amides is 2. The van der Waals surface area contributed by atoms with Crippen molar-refractivity contribution in [2.75, 3.05) is 22.5 Å². The number of rotatable bonds is 7. The molecule has 0 aliphatic carbocycles. The summed E-state index contributed by atoms with van der Waals surface area (Å²) >= 11 is 3.37. The largest absolute Gasteiger partial charge is 0.493 e. The second kappa shape index (κ2) is 10.4. The number of carbonyl (C=O) groups is 2. The average molecular weight is 586 g/mol. The van der Waals surface area contributed by atoms with Crippen LogP contribution in [0.4, 0.5) is 17.1 Å². The first kappa shape index (κ1) is 25.9. The predicted octanol–water partition coefficient (Wildman–Crippen LogP) is 4.58. The third-order valence-electron chi connectivity index (χ3n) is 5.18. The van der Waals surface area contributed by atoms with Crippen molar-refractivity contribution in [2.45, 2.75) is 11.8 Å². The Balaban J connectivity index is 1.62. The van der Waals surface area contributed by atoms with Crippen molar-refractivity contribution >= 4 is 65.8 Å². The van der Waals surface area contributed by atoms with E-state index in [0.717, 1.165) is 0 Å². The molecule has 0 saturated heterocycles. The zero-order valence-corrected chi connectivity index (χ0v) is 21.9. The minimum atomic E-state index is -4.05. The molecule has 190 valence electrons. The fourth-order valence-corrected chi connectivity index (χ4v) is 4.97. The third-order valence-corrected chi connectivity index (χ3v) is 7.25. The topological polar surface area (TPSA) is 144 Å². The van der Waals surface area contributed by atoms with Gasteiger partial charge < -0.3 is 19.8 Å². The van der Waals surface area contributed by atoms with E-state index < -0.39 is 21.6 Å². The Morgan fingerprint density at radius 1 is 0.946 bits per heavy atom. The Morgan fingerprint density at radius 3 is 2.27 bits per heavy atom. The minimum absolute atomic E-state index is 0.0586. The Labute approximate surface area is 219 Å². The molecule has 0 radical (unpaired) electrons. The molecule has 0 aliphatic heterocycles. The fraction of sp³-hybridized carbons (Fsp3) is 0.0800. The molecule has 0 atom stereocenters. The molecule has 12 heteroatoms. The normalized spacial score (nSPS) is 11.1. The van der Waals surface area contributed by atoms with Crippen LogP contribution < -0.4 is 25.7 Å². The highest BCUT2D eigenvalue weighted by Crippen LogP contribution is 2.31. The van der Waals surface area contributed by atoms with Crippen molar-refractivity contribution in [1.82, 2.24) is 0 Å². The van der Waals surface area contributed by atoms with E-state index in [2.05, 4.69) is 31.3 Å². The average Bonchev–Trinajstić information content (AvgIpc) is 2.85. The molecule has 1 heterocycles. The number of para-hydroxylation sites is 2. The smallest absolute Gasteiger partial charge is 0.349 e. The van der Waals surface area contributed by atoms with Crippen LogP contribution in [0, 0.1) is 0 Å². The van der Waals surface area contributed by atoms with Crippen LogP contribution in [-0.2, 0) is 14.8 Å². The number of anilines is 3. The zero-order valence-electron chi connectivity index (χ0n) is 19.5. The van der Waals surface area contributed by atoms with Gasteiger partial charge in [0.25, 0.3) is 15.9 Å². The molecule has 0 aliphatic rings. The molecule has 0 spiro atoms. The number of hydrogen-bond acceptors (Lipinski definition) is 7. The van der Waals surface area contributed by atoms with E-state index in [1.54, 1.807) is 24.3 Å². The van der Waals surface area contributed by atoms with Crippen LogP contribution in [-0.4, -0.2) is 27.3 Å². The van der Waals surface area contributed by atoms with Gasteiger partial charge in [-0.2, -0.15) is 0 Å². The van der Waals surface area contributed by atoms with Gasteiger partial charge in [0.15, 0.2) is 11.3 Å². The van der Waals surface area contributed by atoms with Gasteiger partial charge in [-0.3, -0.25) is 14.3 Å². The molecule has 0 saturated carbocycles. The van der Waals surface area contributed by atoms with Gasteiger partial charge in [-0.25, -0.2) is 13.2 Å². The highest BCUT2D eigenvalue weighted by Gasteiger charge is 2.20. The maximum Gasteiger partial charge on any atom is 0.349 e. The van der Waals surface area contributed by atoms with Crippen LogP contribution in [0.15, 0.2) is 85.3 Å². The summed E-state index contributed by atoms with van der Waals surface area (Å²) in [6, 6.07) is 16.4. The van der Waals surface area contributed by atoms with Crippen LogP contribution in [0.25, 0.3) is 11.0 Å². The lowest BCUT2D eigenvalue weighted by atomic mass is 10.1. The first-order valence-electron chi connectivity index (χ1n) is 10.7. The van der Waals surface area contributed by atoms with Crippen molar-refractivity contribution in [3.8, 4) is 5.75 Å². The Bertz CT molecular complexity index is 1680. The van der Waals surface area contributed by atoms with Crippen molar-refractivity contribution in [2.24, 2.45) is 0 Å². The maximum absolute atomic E-state index is 13.0. The van der Waals surface area contributed by atoms with Gasteiger partial charge in [-0.15, -0.1) is 0 Å². The summed E-state index contributed by atoms with van der Waals surface area (Å²) in [4.78, 5) is 36.8. The Hall–Kier alpha value is -4.16. The second-order valence-electron chi connectivity index (χ2n) is 7.75. The van der Waals surface area contributed by atoms with E-state index in [1.165, 1.54) is 56.5 Å². The van der Waals surface area contributed by atoms with Crippen molar-refractivity contribution < 1.29 is 27.2 Å². The highest BCUT2D eigenvalue weighted by atomic mass is 79.9. The first-order chi connectivity index (χ1) is 17.6. The number of nitrogens with one attached hydrogen (secondary N) is 3. The molecule has 3 aromatic carbocycles. The van der Waals surface area contributed by atoms with E-state index in [0.29, 0.717) is 21.3 Å². The SMILES string of the molecule is COc1ccc(Br)c2cc(C(=O)Nc3ccccc3NS(=O)(=O)c3ccc(NC(C)=O)cc3)c(=O)oc12. The standard InChI is InChI=1S/C25H20BrN3O7S/c1-14(30)27-15-7-9-16(10-8-15)37(33,34)29-21-6-4-3-5-20(21)28-24(31)18-13-17-19(26)11-12-22(35-2)23(17)36-25(18)32/h3-13,29H,1-2H3,(H,27,30)(H,28,31). The van der Waals surface area contributed by atoms with Crippen LogP contribution in [0.2, 0.25) is 0 Å². The van der Waals surface area contributed by atoms with Crippen molar-refractivity contribution in [3.05, 3.63) is 87.2 Å². The number of methoxy groups -OCH3 is 1. The van der Waals surface area contributed by atoms with E-state index in [9.17, 15) is 22.8 Å². The number of benzene rings is 3. The highest BCUT2D eigenvalue weighted by molar-refractivity contribution is 9.10. The maximum atomic E-state index is 13.0. The second-order valence-corrected chi connectivity index (χ2v) is 10.3. The fourth-order valence-electron chi connectivity index (χ4n) is 3.46. The molecule has 2 amide bonds. The van der Waals surface area contributed by atoms with Crippen molar-refractivity contribution in [3.63, 3.8) is 0 Å². The van der Waals surface area contributed by atoms with E-state index >= 15 is 0 Å². The molecule has 1 aromatic heterocycles. The molecular weight excluding hydrogens is 566 g/mol. The van der Waals surface area contributed by atoms with Gasteiger partial charge in [-0.05, 0) is 54.6 Å². The number of halogens is 1. The number of fused-ring (bicyclic) bond motifs is 1. The summed E-state index contributed by atoms with van der Waals surface area (Å²) in [5.41, 5.74) is -0.356. The van der Waals surface area contributed by atoms with Gasteiger partial charge in [0.2, 0.25) is 5.91 Å². The van der Waals surface area contributed by atoms with Crippen LogP contribution in [0.1, 0.15) is 17.3 Å². The van der Waals surface area contributed by atoms with Gasteiger partial charge >= 0.3 is 5.63 Å². The molecule has 37 heavy (non-hydrogen) atoms. The van der Waals surface area contributed by atoms with Gasteiger partial charge in [0.05, 0.1) is 23.4 Å². The van der Waals surface area contributed by atoms with Crippen LogP contribution >= 0.6 is 15.9 Å². The number of hydrogen-bond donors (Lipinski definition) is 3. The molecule has 10 nitrogen and oxygen atoms in total. The summed E-state index contributed by atoms with van der Waals surface area (Å²) in [7, 11) is -2.62. The molecule has 0 bridgehead atoms. The summed E-state index contributed by atoms with van der Waals surface area (Å²) in [6.45, 7) is 1.34.